The molecule has 1 N–H and O–H groups in total. The summed E-state index contributed by atoms with van der Waals surface area (Å²) in [6, 6.07) is 8.46. The molecule has 2 aromatic heterocycles. The standard InChI is InChI=1S/C20H24N6O/c1-24(20(27)23-18-6-9-26-11-8-22-19(26)12-18)13-16-2-4-17(5-3-16)14-25-10-7-21-15-25/h2-5,7-8,10-11,15,18H,6,9,12-14H2,1H3,(H,23,27). The monoisotopic (exact) mass is 364 g/mol. The van der Waals surface area contributed by atoms with Gasteiger partial charge in [-0.25, -0.2) is 14.8 Å². The van der Waals surface area contributed by atoms with Crippen LogP contribution in [0.4, 0.5) is 4.79 Å². The summed E-state index contributed by atoms with van der Waals surface area (Å²) < 4.78 is 4.18. The van der Waals surface area contributed by atoms with Crippen LogP contribution in [0.2, 0.25) is 0 Å². The van der Waals surface area contributed by atoms with E-state index in [0.29, 0.717) is 6.54 Å². The second-order valence-electron chi connectivity index (χ2n) is 7.08. The van der Waals surface area contributed by atoms with E-state index in [2.05, 4.69) is 44.1 Å². The maximum absolute atomic E-state index is 12.5. The number of aryl methyl sites for hydroxylation is 1. The zero-order valence-electron chi connectivity index (χ0n) is 15.5. The van der Waals surface area contributed by atoms with Gasteiger partial charge in [0.25, 0.3) is 0 Å². The minimum absolute atomic E-state index is 0.0394. The van der Waals surface area contributed by atoms with Gasteiger partial charge < -0.3 is 19.4 Å². The van der Waals surface area contributed by atoms with Crippen molar-refractivity contribution in [3.8, 4) is 0 Å². The largest absolute Gasteiger partial charge is 0.335 e. The van der Waals surface area contributed by atoms with Gasteiger partial charge in [-0.1, -0.05) is 24.3 Å². The number of benzene rings is 1. The zero-order valence-corrected chi connectivity index (χ0v) is 15.5. The van der Waals surface area contributed by atoms with Gasteiger partial charge in [-0.3, -0.25) is 0 Å². The van der Waals surface area contributed by atoms with E-state index in [1.54, 1.807) is 11.1 Å². The maximum Gasteiger partial charge on any atom is 0.317 e. The van der Waals surface area contributed by atoms with Crippen molar-refractivity contribution in [3.05, 3.63) is 72.3 Å². The van der Waals surface area contributed by atoms with E-state index in [4.69, 9.17) is 0 Å². The molecule has 3 heterocycles. The van der Waals surface area contributed by atoms with Gasteiger partial charge in [0.1, 0.15) is 5.82 Å². The number of fused-ring (bicyclic) bond motifs is 1. The smallest absolute Gasteiger partial charge is 0.317 e. The fourth-order valence-electron chi connectivity index (χ4n) is 3.45. The lowest BCUT2D eigenvalue weighted by molar-refractivity contribution is 0.200. The summed E-state index contributed by atoms with van der Waals surface area (Å²) in [7, 11) is 1.83. The number of nitrogens with one attached hydrogen (secondary N) is 1. The van der Waals surface area contributed by atoms with Gasteiger partial charge in [0.2, 0.25) is 0 Å². The first kappa shape index (κ1) is 17.3. The van der Waals surface area contributed by atoms with Crippen LogP contribution in [0.3, 0.4) is 0 Å². The van der Waals surface area contributed by atoms with E-state index in [-0.39, 0.29) is 12.1 Å². The molecule has 0 saturated carbocycles. The molecule has 27 heavy (non-hydrogen) atoms. The van der Waals surface area contributed by atoms with Gasteiger partial charge in [0.15, 0.2) is 0 Å². The first-order valence-electron chi connectivity index (χ1n) is 9.22. The van der Waals surface area contributed by atoms with Gasteiger partial charge in [0.05, 0.1) is 6.33 Å². The first-order chi connectivity index (χ1) is 13.2. The molecule has 0 saturated heterocycles. The van der Waals surface area contributed by atoms with Crippen LogP contribution in [-0.4, -0.2) is 43.1 Å². The normalized spacial score (nSPS) is 16.0. The molecule has 1 atom stereocenters. The lowest BCUT2D eigenvalue weighted by atomic mass is 10.1. The van der Waals surface area contributed by atoms with Crippen molar-refractivity contribution in [3.63, 3.8) is 0 Å². The molecule has 7 heteroatoms. The van der Waals surface area contributed by atoms with Crippen molar-refractivity contribution in [1.82, 2.24) is 29.3 Å². The summed E-state index contributed by atoms with van der Waals surface area (Å²) in [4.78, 5) is 22.7. The van der Waals surface area contributed by atoms with Crippen LogP contribution in [0.15, 0.2) is 55.4 Å². The molecule has 140 valence electrons. The van der Waals surface area contributed by atoms with Crippen molar-refractivity contribution in [2.24, 2.45) is 0 Å². The Morgan fingerprint density at radius 1 is 1.22 bits per heavy atom. The van der Waals surface area contributed by atoms with Crippen LogP contribution in [0.5, 0.6) is 0 Å². The van der Waals surface area contributed by atoms with Crippen molar-refractivity contribution in [1.29, 1.82) is 0 Å². The predicted molar refractivity (Wildman–Crippen MR) is 102 cm³/mol. The lowest BCUT2D eigenvalue weighted by Gasteiger charge is -2.27. The topological polar surface area (TPSA) is 68.0 Å². The average Bonchev–Trinajstić information content (AvgIpc) is 3.34. The molecule has 1 aliphatic heterocycles. The summed E-state index contributed by atoms with van der Waals surface area (Å²) in [5.74, 6) is 1.04. The van der Waals surface area contributed by atoms with E-state index in [1.165, 1.54) is 5.56 Å². The molecular weight excluding hydrogens is 340 g/mol. The number of carbonyl (C=O) groups excluding carboxylic acids is 1. The number of hydrogen-bond acceptors (Lipinski definition) is 3. The van der Waals surface area contributed by atoms with Crippen molar-refractivity contribution < 1.29 is 4.79 Å². The molecule has 1 aliphatic rings. The Morgan fingerprint density at radius 3 is 2.81 bits per heavy atom. The molecule has 0 aliphatic carbocycles. The number of amides is 2. The third-order valence-corrected chi connectivity index (χ3v) is 4.99. The fourth-order valence-corrected chi connectivity index (χ4v) is 3.45. The van der Waals surface area contributed by atoms with Gasteiger partial charge in [-0.05, 0) is 17.5 Å². The van der Waals surface area contributed by atoms with Crippen molar-refractivity contribution in [2.45, 2.75) is 38.5 Å². The van der Waals surface area contributed by atoms with Crippen LogP contribution < -0.4 is 5.32 Å². The number of nitrogens with zero attached hydrogens (tertiary/aromatic N) is 5. The molecule has 7 nitrogen and oxygen atoms in total. The molecular formula is C20H24N6O. The molecule has 3 aromatic rings. The van der Waals surface area contributed by atoms with Crippen LogP contribution in [-0.2, 0) is 26.1 Å². The van der Waals surface area contributed by atoms with Crippen molar-refractivity contribution >= 4 is 6.03 Å². The molecule has 2 amide bonds. The Bertz CT molecular complexity index is 884. The average molecular weight is 364 g/mol. The Labute approximate surface area is 158 Å². The van der Waals surface area contributed by atoms with E-state index in [0.717, 1.165) is 37.3 Å². The Kier molecular flexibility index (Phi) is 4.91. The summed E-state index contributed by atoms with van der Waals surface area (Å²) in [5, 5.41) is 3.13. The predicted octanol–water partition coefficient (Wildman–Crippen LogP) is 2.28. The number of rotatable bonds is 5. The fraction of sp³-hybridized carbons (Fsp3) is 0.350. The molecule has 0 spiro atoms. The van der Waals surface area contributed by atoms with Gasteiger partial charge in [-0.2, -0.15) is 0 Å². The van der Waals surface area contributed by atoms with Crippen LogP contribution >= 0.6 is 0 Å². The quantitative estimate of drug-likeness (QED) is 0.755. The van der Waals surface area contributed by atoms with E-state index >= 15 is 0 Å². The maximum atomic E-state index is 12.5. The van der Waals surface area contributed by atoms with Crippen LogP contribution in [0.1, 0.15) is 23.4 Å². The number of imidazole rings is 2. The Hall–Kier alpha value is -3.09. The number of hydrogen-bond donors (Lipinski definition) is 1. The molecule has 1 aromatic carbocycles. The highest BCUT2D eigenvalue weighted by Crippen LogP contribution is 2.14. The highest BCUT2D eigenvalue weighted by atomic mass is 16.2. The molecule has 0 bridgehead atoms. The summed E-state index contributed by atoms with van der Waals surface area (Å²) >= 11 is 0. The van der Waals surface area contributed by atoms with Crippen LogP contribution in [0.25, 0.3) is 0 Å². The zero-order chi connectivity index (χ0) is 18.6. The third kappa shape index (κ3) is 4.19. The highest BCUT2D eigenvalue weighted by molar-refractivity contribution is 5.74. The number of carbonyl (C=O) groups is 1. The van der Waals surface area contributed by atoms with Gasteiger partial charge >= 0.3 is 6.03 Å². The molecule has 1 unspecified atom stereocenters. The summed E-state index contributed by atoms with van der Waals surface area (Å²) in [6.07, 6.45) is 11.1. The minimum atomic E-state index is -0.0394. The van der Waals surface area contributed by atoms with Crippen LogP contribution in [0, 0.1) is 0 Å². The van der Waals surface area contributed by atoms with E-state index in [9.17, 15) is 4.79 Å². The summed E-state index contributed by atoms with van der Waals surface area (Å²) in [6.45, 7) is 2.29. The van der Waals surface area contributed by atoms with E-state index < -0.39 is 0 Å². The number of urea groups is 1. The Balaban J connectivity index is 1.29. The first-order valence-corrected chi connectivity index (χ1v) is 9.22. The second-order valence-corrected chi connectivity index (χ2v) is 7.08. The molecule has 0 fully saturated rings. The molecule has 4 rings (SSSR count). The SMILES string of the molecule is CN(Cc1ccc(Cn2ccnc2)cc1)C(=O)NC1CCn2ccnc2C1. The Morgan fingerprint density at radius 2 is 2.04 bits per heavy atom. The van der Waals surface area contributed by atoms with Gasteiger partial charge in [0, 0.05) is 63.9 Å². The van der Waals surface area contributed by atoms with Crippen molar-refractivity contribution in [2.75, 3.05) is 7.05 Å². The lowest BCUT2D eigenvalue weighted by Crippen LogP contribution is -2.45. The summed E-state index contributed by atoms with van der Waals surface area (Å²) in [5.41, 5.74) is 2.32. The number of aromatic nitrogens is 4. The minimum Gasteiger partial charge on any atom is -0.335 e. The van der Waals surface area contributed by atoms with Gasteiger partial charge in [-0.15, -0.1) is 0 Å². The van der Waals surface area contributed by atoms with E-state index in [1.807, 2.05) is 36.5 Å². The second kappa shape index (κ2) is 7.65. The highest BCUT2D eigenvalue weighted by Gasteiger charge is 2.22. The third-order valence-electron chi connectivity index (χ3n) is 4.99. The molecule has 0 radical (unpaired) electrons.